The predicted molar refractivity (Wildman–Crippen MR) is 109 cm³/mol. The second-order valence-corrected chi connectivity index (χ2v) is 7.01. The maximum atomic E-state index is 11.4. The first-order valence-corrected chi connectivity index (χ1v) is 8.73. The normalized spacial score (nSPS) is 10.3. The number of carbonyl (C=O) groups is 1. The number of nitrogens with zero attached hydrogens (tertiary/aromatic N) is 4. The lowest BCUT2D eigenvalue weighted by atomic mass is 10.3. The second-order valence-electron chi connectivity index (χ2n) is 4.89. The summed E-state index contributed by atoms with van der Waals surface area (Å²) < 4.78 is 2.94. The molecule has 0 saturated heterocycles. The van der Waals surface area contributed by atoms with E-state index in [0.717, 1.165) is 20.1 Å². The Morgan fingerprint density at radius 2 is 2.15 bits per heavy atom. The average molecular weight is 429 g/mol. The maximum Gasteiger partial charge on any atom is 0.239 e. The molecule has 0 bridgehead atoms. The number of hydrogen-bond acceptors (Lipinski definition) is 7. The molecule has 26 heavy (non-hydrogen) atoms. The largest absolute Gasteiger partial charge is 0.322 e. The smallest absolute Gasteiger partial charge is 0.239 e. The van der Waals surface area contributed by atoms with Crippen molar-refractivity contribution in [1.82, 2.24) is 19.4 Å². The number of fused-ring (bicyclic) bond motifs is 2. The summed E-state index contributed by atoms with van der Waals surface area (Å²) in [5.74, 6) is 0.424. The van der Waals surface area contributed by atoms with Gasteiger partial charge in [-0.25, -0.2) is 15.0 Å². The fourth-order valence-corrected chi connectivity index (χ4v) is 4.09. The highest BCUT2D eigenvalue weighted by Crippen LogP contribution is 2.33. The van der Waals surface area contributed by atoms with Crippen LogP contribution in [0, 0.1) is 0 Å². The highest BCUT2D eigenvalue weighted by molar-refractivity contribution is 7.99. The molecule has 0 spiro atoms. The zero-order chi connectivity index (χ0) is 16.5. The van der Waals surface area contributed by atoms with Gasteiger partial charge in [0.25, 0.3) is 0 Å². The number of benzene rings is 1. The van der Waals surface area contributed by atoms with Gasteiger partial charge in [-0.3, -0.25) is 9.20 Å². The van der Waals surface area contributed by atoms with Crippen molar-refractivity contribution in [3.63, 3.8) is 0 Å². The van der Waals surface area contributed by atoms with Crippen molar-refractivity contribution in [1.29, 1.82) is 0 Å². The molecule has 11 heteroatoms. The van der Waals surface area contributed by atoms with Crippen LogP contribution in [0.4, 0.5) is 5.13 Å². The molecule has 0 aliphatic carbocycles. The fourth-order valence-electron chi connectivity index (χ4n) is 2.19. The highest BCUT2D eigenvalue weighted by atomic mass is 35.5. The molecule has 0 aliphatic heterocycles. The van der Waals surface area contributed by atoms with Crippen LogP contribution in [0.25, 0.3) is 16.0 Å². The van der Waals surface area contributed by atoms with Gasteiger partial charge >= 0.3 is 0 Å². The van der Waals surface area contributed by atoms with E-state index in [1.807, 2.05) is 34.9 Å². The third-order valence-corrected chi connectivity index (χ3v) is 5.20. The molecule has 1 amide bonds. The number of nitrogens with one attached hydrogen (secondary N) is 1. The topological polar surface area (TPSA) is 98.2 Å². The van der Waals surface area contributed by atoms with Gasteiger partial charge in [0.15, 0.2) is 5.13 Å². The van der Waals surface area contributed by atoms with Gasteiger partial charge in [-0.15, -0.1) is 24.8 Å². The first-order valence-electron chi connectivity index (χ1n) is 7.09. The number of halogens is 2. The van der Waals surface area contributed by atoms with Crippen LogP contribution < -0.4 is 11.1 Å². The summed E-state index contributed by atoms with van der Waals surface area (Å²) in [5, 5.41) is 4.23. The van der Waals surface area contributed by atoms with Gasteiger partial charge in [-0.1, -0.05) is 23.1 Å². The molecule has 1 aromatic carbocycles. The van der Waals surface area contributed by atoms with E-state index in [1.165, 1.54) is 11.3 Å². The van der Waals surface area contributed by atoms with E-state index in [2.05, 4.69) is 20.3 Å². The van der Waals surface area contributed by atoms with Gasteiger partial charge in [-0.05, 0) is 24.3 Å². The molecule has 0 aliphatic rings. The first-order chi connectivity index (χ1) is 11.7. The van der Waals surface area contributed by atoms with Crippen molar-refractivity contribution >= 4 is 74.9 Å². The van der Waals surface area contributed by atoms with Crippen molar-refractivity contribution in [2.75, 3.05) is 11.9 Å². The Balaban J connectivity index is 0.00000121. The van der Waals surface area contributed by atoms with Crippen LogP contribution in [0.3, 0.4) is 0 Å². The lowest BCUT2D eigenvalue weighted by Crippen LogP contribution is -2.21. The van der Waals surface area contributed by atoms with Crippen LogP contribution >= 0.6 is 47.9 Å². The van der Waals surface area contributed by atoms with E-state index in [1.54, 1.807) is 24.2 Å². The molecular weight excluding hydrogens is 415 g/mol. The van der Waals surface area contributed by atoms with Crippen LogP contribution in [0.2, 0.25) is 0 Å². The Kier molecular flexibility index (Phi) is 6.79. The Hall–Kier alpha value is -1.91. The summed E-state index contributed by atoms with van der Waals surface area (Å²) in [6.07, 6.45) is 5.46. The molecule has 3 heterocycles. The van der Waals surface area contributed by atoms with Gasteiger partial charge in [0.05, 0.1) is 23.0 Å². The molecule has 3 N–H and O–H groups in total. The molecule has 4 rings (SSSR count). The molecule has 0 radical (unpaired) electrons. The molecule has 0 saturated carbocycles. The lowest BCUT2D eigenvalue weighted by molar-refractivity contribution is -0.114. The quantitative estimate of drug-likeness (QED) is 0.517. The lowest BCUT2D eigenvalue weighted by Gasteiger charge is -2.01. The Morgan fingerprint density at radius 3 is 2.96 bits per heavy atom. The Morgan fingerprint density at radius 1 is 1.31 bits per heavy atom. The average Bonchev–Trinajstić information content (AvgIpc) is 3.18. The highest BCUT2D eigenvalue weighted by Gasteiger charge is 2.09. The number of nitrogens with two attached hydrogens (primary N) is 1. The Bertz CT molecular complexity index is 1050. The summed E-state index contributed by atoms with van der Waals surface area (Å²) in [4.78, 5) is 25.3. The van der Waals surface area contributed by atoms with Gasteiger partial charge in [0.2, 0.25) is 11.7 Å². The van der Waals surface area contributed by atoms with E-state index in [9.17, 15) is 4.79 Å². The second kappa shape index (κ2) is 8.65. The SMILES string of the molecule is Cl.Cl.NCC(=O)Nc1nc2ccc(Sc3cnc4ncccn34)cc2s1. The van der Waals surface area contributed by atoms with Crippen LogP contribution in [0.15, 0.2) is 52.8 Å². The number of rotatable bonds is 4. The molecule has 4 aromatic rings. The zero-order valence-electron chi connectivity index (χ0n) is 13.2. The molecule has 3 aromatic heterocycles. The van der Waals surface area contributed by atoms with Crippen molar-refractivity contribution in [2.24, 2.45) is 5.73 Å². The Labute approximate surface area is 169 Å². The van der Waals surface area contributed by atoms with Crippen LogP contribution in [0.1, 0.15) is 0 Å². The van der Waals surface area contributed by atoms with E-state index < -0.39 is 0 Å². The van der Waals surface area contributed by atoms with Crippen molar-refractivity contribution < 1.29 is 4.79 Å². The number of imidazole rings is 1. The zero-order valence-corrected chi connectivity index (χ0v) is 16.4. The van der Waals surface area contributed by atoms with Crippen LogP contribution in [-0.2, 0) is 4.79 Å². The third kappa shape index (κ3) is 4.08. The molecule has 0 unspecified atom stereocenters. The van der Waals surface area contributed by atoms with Gasteiger partial charge in [0, 0.05) is 17.3 Å². The minimum atomic E-state index is -0.248. The summed E-state index contributed by atoms with van der Waals surface area (Å²) >= 11 is 3.02. The van der Waals surface area contributed by atoms with Crippen molar-refractivity contribution in [3.05, 3.63) is 42.9 Å². The summed E-state index contributed by atoms with van der Waals surface area (Å²) in [7, 11) is 0. The number of anilines is 1. The number of thiazole rings is 1. The maximum absolute atomic E-state index is 11.4. The minimum Gasteiger partial charge on any atom is -0.322 e. The molecular formula is C15H14Cl2N6OS2. The van der Waals surface area contributed by atoms with Crippen LogP contribution in [0.5, 0.6) is 0 Å². The van der Waals surface area contributed by atoms with Crippen molar-refractivity contribution in [3.8, 4) is 0 Å². The molecule has 0 atom stereocenters. The van der Waals surface area contributed by atoms with E-state index in [4.69, 9.17) is 5.73 Å². The van der Waals surface area contributed by atoms with E-state index >= 15 is 0 Å². The van der Waals surface area contributed by atoms with Crippen LogP contribution in [-0.4, -0.2) is 31.8 Å². The number of amides is 1. The number of hydrogen-bond donors (Lipinski definition) is 2. The van der Waals surface area contributed by atoms with E-state index in [-0.39, 0.29) is 37.3 Å². The number of aromatic nitrogens is 4. The fraction of sp³-hybridized carbons (Fsp3) is 0.0667. The van der Waals surface area contributed by atoms with Gasteiger partial charge < -0.3 is 11.1 Å². The molecule has 7 nitrogen and oxygen atoms in total. The van der Waals surface area contributed by atoms with Gasteiger partial charge in [0.1, 0.15) is 5.03 Å². The van der Waals surface area contributed by atoms with E-state index in [0.29, 0.717) is 10.9 Å². The minimum absolute atomic E-state index is 0. The monoisotopic (exact) mass is 428 g/mol. The molecule has 0 fully saturated rings. The first kappa shape index (κ1) is 20.4. The van der Waals surface area contributed by atoms with Crippen molar-refractivity contribution in [2.45, 2.75) is 9.92 Å². The summed E-state index contributed by atoms with van der Waals surface area (Å²) in [5.41, 5.74) is 6.15. The summed E-state index contributed by atoms with van der Waals surface area (Å²) in [6.45, 7) is -0.0562. The molecule has 136 valence electrons. The third-order valence-electron chi connectivity index (χ3n) is 3.27. The standard InChI is InChI=1S/C15H12N6OS2.2ClH/c16-7-12(22)20-15-19-10-3-2-9(6-11(10)24-15)23-13-8-18-14-17-4-1-5-21(13)14;;/h1-6,8H,7,16H2,(H,19,20,22);2*1H. The number of carbonyl (C=O) groups excluding carboxylic acids is 1. The summed E-state index contributed by atoms with van der Waals surface area (Å²) in [6, 6.07) is 7.85. The predicted octanol–water partition coefficient (Wildman–Crippen LogP) is 3.23. The van der Waals surface area contributed by atoms with Gasteiger partial charge in [-0.2, -0.15) is 0 Å².